The number of hydrogen-bond acceptors (Lipinski definition) is 7. The van der Waals surface area contributed by atoms with Crippen molar-refractivity contribution in [1.82, 2.24) is 10.2 Å². The molecule has 2 unspecified atom stereocenters. The predicted octanol–water partition coefficient (Wildman–Crippen LogP) is 2.40. The smallest absolute Gasteiger partial charge is 0.231 e. The number of hydrogen-bond donors (Lipinski definition) is 2. The fourth-order valence-corrected chi connectivity index (χ4v) is 5.57. The van der Waals surface area contributed by atoms with Gasteiger partial charge in [-0.05, 0) is 45.6 Å². The molecule has 2 amide bonds. The summed E-state index contributed by atoms with van der Waals surface area (Å²) in [6.07, 6.45) is 2.19. The van der Waals surface area contributed by atoms with E-state index in [-0.39, 0.29) is 48.1 Å². The van der Waals surface area contributed by atoms with Crippen LogP contribution in [0, 0.1) is 11.8 Å². The summed E-state index contributed by atoms with van der Waals surface area (Å²) in [4.78, 5) is 32.6. The van der Waals surface area contributed by atoms with E-state index in [0.717, 1.165) is 11.3 Å². The largest absolute Gasteiger partial charge is 0.485 e. The Bertz CT molecular complexity index is 996. The number of carbonyl (C=O) groups excluding carboxylic acids is 2. The van der Waals surface area contributed by atoms with Gasteiger partial charge in [-0.2, -0.15) is 0 Å². The predicted molar refractivity (Wildman–Crippen MR) is 132 cm³/mol. The number of rotatable bonds is 9. The first-order valence-electron chi connectivity index (χ1n) is 12.3. The maximum absolute atomic E-state index is 13.4. The molecule has 0 spiro atoms. The third-order valence-electron chi connectivity index (χ3n) is 7.19. The SMILES string of the molecule is COCC[C@H]([C@H]1CC1C(=O)N[C@H]1CC(C)(COC)Oc2ccccc21)N1C(=O)CC(C)(C)N=C1N. The molecule has 0 saturated heterocycles. The molecule has 1 aromatic carbocycles. The van der Waals surface area contributed by atoms with Gasteiger partial charge in [-0.25, -0.2) is 4.99 Å². The van der Waals surface area contributed by atoms with Crippen LogP contribution in [0.3, 0.4) is 0 Å². The van der Waals surface area contributed by atoms with Crippen LogP contribution in [0.1, 0.15) is 58.1 Å². The number of nitrogens with one attached hydrogen (secondary N) is 1. The Kier molecular flexibility index (Phi) is 7.11. The van der Waals surface area contributed by atoms with E-state index in [4.69, 9.17) is 19.9 Å². The van der Waals surface area contributed by atoms with Gasteiger partial charge >= 0.3 is 0 Å². The van der Waals surface area contributed by atoms with Gasteiger partial charge in [0.15, 0.2) is 5.96 Å². The number of methoxy groups -OCH3 is 2. The summed E-state index contributed by atoms with van der Waals surface area (Å²) < 4.78 is 16.9. The summed E-state index contributed by atoms with van der Waals surface area (Å²) in [5, 5.41) is 3.26. The molecule has 1 aliphatic carbocycles. The number of fused-ring (bicyclic) bond motifs is 1. The lowest BCUT2D eigenvalue weighted by atomic mass is 9.88. The summed E-state index contributed by atoms with van der Waals surface area (Å²) in [5.74, 6) is 0.731. The standard InChI is InChI=1S/C26H38N4O5/c1-25(2)14-22(31)30(24(27)29-25)20(10-11-33-4)17-12-18(17)23(32)28-19-13-26(3,15-34-5)35-21-9-7-6-8-16(19)21/h6-9,17-20H,10-15H2,1-5H3,(H2,27,29)(H,28,32)/t17-,18?,19-,20+,26?/m0/s1. The van der Waals surface area contributed by atoms with Crippen LogP contribution in [-0.2, 0) is 19.1 Å². The molecule has 2 heterocycles. The Hall–Kier alpha value is -2.65. The van der Waals surface area contributed by atoms with E-state index in [1.54, 1.807) is 19.1 Å². The molecule has 9 heteroatoms. The van der Waals surface area contributed by atoms with E-state index in [1.165, 1.54) is 0 Å². The van der Waals surface area contributed by atoms with Crippen molar-refractivity contribution in [2.45, 2.75) is 69.7 Å². The molecular formula is C26H38N4O5. The summed E-state index contributed by atoms with van der Waals surface area (Å²) in [6, 6.07) is 7.38. The first-order valence-corrected chi connectivity index (χ1v) is 12.3. The molecule has 5 atom stereocenters. The van der Waals surface area contributed by atoms with Crippen LogP contribution in [-0.4, -0.2) is 67.3 Å². The number of para-hydroxylation sites is 1. The highest BCUT2D eigenvalue weighted by Gasteiger charge is 2.52. The number of aliphatic imine (C=N–C) groups is 1. The number of guanidine groups is 1. The maximum Gasteiger partial charge on any atom is 0.231 e. The Balaban J connectivity index is 1.50. The summed E-state index contributed by atoms with van der Waals surface area (Å²) in [7, 11) is 3.28. The molecule has 1 fully saturated rings. The summed E-state index contributed by atoms with van der Waals surface area (Å²) in [5.41, 5.74) is 6.16. The van der Waals surface area contributed by atoms with Gasteiger partial charge < -0.3 is 25.3 Å². The van der Waals surface area contributed by atoms with Crippen LogP contribution in [0.4, 0.5) is 0 Å². The van der Waals surface area contributed by atoms with Crippen molar-refractivity contribution in [3.63, 3.8) is 0 Å². The minimum absolute atomic E-state index is 0.00417. The van der Waals surface area contributed by atoms with Crippen molar-refractivity contribution in [2.24, 2.45) is 22.6 Å². The first kappa shape index (κ1) is 25.4. The van der Waals surface area contributed by atoms with Crippen LogP contribution in [0.15, 0.2) is 29.3 Å². The van der Waals surface area contributed by atoms with Gasteiger partial charge in [0.05, 0.1) is 24.6 Å². The van der Waals surface area contributed by atoms with E-state index in [2.05, 4.69) is 10.3 Å². The number of amides is 2. The van der Waals surface area contributed by atoms with Gasteiger partial charge in [-0.1, -0.05) is 18.2 Å². The van der Waals surface area contributed by atoms with Crippen molar-refractivity contribution in [3.05, 3.63) is 29.8 Å². The van der Waals surface area contributed by atoms with Crippen LogP contribution < -0.4 is 15.8 Å². The monoisotopic (exact) mass is 486 g/mol. The Morgan fingerprint density at radius 3 is 2.71 bits per heavy atom. The van der Waals surface area contributed by atoms with E-state index >= 15 is 0 Å². The van der Waals surface area contributed by atoms with Gasteiger partial charge in [0.25, 0.3) is 0 Å². The molecule has 0 bridgehead atoms. The minimum Gasteiger partial charge on any atom is -0.485 e. The topological polar surface area (TPSA) is 115 Å². The normalized spacial score (nSPS) is 30.1. The number of benzene rings is 1. The first-order chi connectivity index (χ1) is 16.6. The third-order valence-corrected chi connectivity index (χ3v) is 7.19. The van der Waals surface area contributed by atoms with Crippen molar-refractivity contribution in [3.8, 4) is 5.75 Å². The zero-order valence-corrected chi connectivity index (χ0v) is 21.4. The average molecular weight is 487 g/mol. The molecule has 3 aliphatic rings. The molecule has 1 saturated carbocycles. The number of carbonyl (C=O) groups is 2. The third kappa shape index (κ3) is 5.46. The van der Waals surface area contributed by atoms with E-state index in [1.807, 2.05) is 45.0 Å². The highest BCUT2D eigenvalue weighted by molar-refractivity contribution is 5.99. The molecular weight excluding hydrogens is 448 g/mol. The molecule has 2 aliphatic heterocycles. The average Bonchev–Trinajstić information content (AvgIpc) is 3.55. The zero-order chi connectivity index (χ0) is 25.4. The highest BCUT2D eigenvalue weighted by Crippen LogP contribution is 2.47. The molecule has 192 valence electrons. The Morgan fingerprint density at radius 2 is 2.03 bits per heavy atom. The summed E-state index contributed by atoms with van der Waals surface area (Å²) >= 11 is 0. The Labute approximate surface area is 207 Å². The highest BCUT2D eigenvalue weighted by atomic mass is 16.5. The van der Waals surface area contributed by atoms with Crippen LogP contribution in [0.25, 0.3) is 0 Å². The molecule has 1 aromatic rings. The van der Waals surface area contributed by atoms with Crippen LogP contribution >= 0.6 is 0 Å². The zero-order valence-electron chi connectivity index (χ0n) is 21.4. The molecule has 35 heavy (non-hydrogen) atoms. The fourth-order valence-electron chi connectivity index (χ4n) is 5.57. The van der Waals surface area contributed by atoms with E-state index < -0.39 is 11.1 Å². The Morgan fingerprint density at radius 1 is 1.29 bits per heavy atom. The molecule has 4 rings (SSSR count). The van der Waals surface area contributed by atoms with Gasteiger partial charge in [0, 0.05) is 44.8 Å². The molecule has 0 radical (unpaired) electrons. The van der Waals surface area contributed by atoms with Crippen LogP contribution in [0.2, 0.25) is 0 Å². The van der Waals surface area contributed by atoms with Crippen molar-refractivity contribution < 1.29 is 23.8 Å². The lowest BCUT2D eigenvalue weighted by Crippen LogP contribution is -2.55. The lowest BCUT2D eigenvalue weighted by molar-refractivity contribution is -0.132. The van der Waals surface area contributed by atoms with Gasteiger partial charge in [0.1, 0.15) is 11.4 Å². The second-order valence-electron chi connectivity index (χ2n) is 10.9. The van der Waals surface area contributed by atoms with Crippen LogP contribution in [0.5, 0.6) is 5.75 Å². The molecule has 3 N–H and O–H groups in total. The summed E-state index contributed by atoms with van der Waals surface area (Å²) in [6.45, 7) is 6.69. The molecule has 0 aromatic heterocycles. The quantitative estimate of drug-likeness (QED) is 0.554. The number of nitrogens with zero attached hydrogens (tertiary/aromatic N) is 2. The van der Waals surface area contributed by atoms with Crippen molar-refractivity contribution in [2.75, 3.05) is 27.4 Å². The lowest BCUT2D eigenvalue weighted by Gasteiger charge is -2.40. The second-order valence-corrected chi connectivity index (χ2v) is 10.9. The molecule has 9 nitrogen and oxygen atoms in total. The maximum atomic E-state index is 13.4. The second kappa shape index (κ2) is 9.78. The van der Waals surface area contributed by atoms with E-state index in [0.29, 0.717) is 32.5 Å². The number of nitrogens with two attached hydrogens (primary N) is 1. The van der Waals surface area contributed by atoms with Gasteiger partial charge in [0.2, 0.25) is 11.8 Å². The van der Waals surface area contributed by atoms with Gasteiger partial charge in [-0.15, -0.1) is 0 Å². The fraction of sp³-hybridized carbons (Fsp3) is 0.654. The minimum atomic E-state index is -0.539. The van der Waals surface area contributed by atoms with E-state index in [9.17, 15) is 9.59 Å². The van der Waals surface area contributed by atoms with Gasteiger partial charge in [-0.3, -0.25) is 14.5 Å². The van der Waals surface area contributed by atoms with Crippen molar-refractivity contribution in [1.29, 1.82) is 0 Å². The number of ether oxygens (including phenoxy) is 3. The van der Waals surface area contributed by atoms with Crippen molar-refractivity contribution >= 4 is 17.8 Å².